The van der Waals surface area contributed by atoms with Crippen LogP contribution in [0.4, 0.5) is 11.5 Å². The molecule has 1 aromatic carbocycles. The molecule has 1 unspecified atom stereocenters. The molecule has 0 aliphatic carbocycles. The van der Waals surface area contributed by atoms with Crippen LogP contribution in [0, 0.1) is 6.92 Å². The van der Waals surface area contributed by atoms with Gasteiger partial charge in [-0.25, -0.2) is 0 Å². The van der Waals surface area contributed by atoms with Gasteiger partial charge in [-0.1, -0.05) is 17.7 Å². The molecule has 5 nitrogen and oxygen atoms in total. The molecule has 0 saturated carbocycles. The van der Waals surface area contributed by atoms with Gasteiger partial charge in [-0.05, 0) is 19.1 Å². The lowest BCUT2D eigenvalue weighted by Gasteiger charge is -2.23. The van der Waals surface area contributed by atoms with Crippen molar-refractivity contribution in [2.75, 3.05) is 29.6 Å². The van der Waals surface area contributed by atoms with E-state index in [-0.39, 0.29) is 11.3 Å². The van der Waals surface area contributed by atoms with Gasteiger partial charge in [0.15, 0.2) is 5.82 Å². The number of aromatic nitrogens is 2. The Morgan fingerprint density at radius 1 is 1.41 bits per heavy atom. The number of carbonyl (C=O) groups excluding carboxylic acids is 1. The molecular formula is C15H17ClN4OS. The molecule has 1 fully saturated rings. The second-order valence-corrected chi connectivity index (χ2v) is 6.91. The van der Waals surface area contributed by atoms with Gasteiger partial charge in [0.25, 0.3) is 0 Å². The number of aromatic amines is 1. The number of rotatable bonds is 3. The van der Waals surface area contributed by atoms with Crippen molar-refractivity contribution in [1.29, 1.82) is 0 Å². The van der Waals surface area contributed by atoms with E-state index in [0.29, 0.717) is 16.6 Å². The molecule has 0 bridgehead atoms. The first-order valence-corrected chi connectivity index (χ1v) is 8.32. The van der Waals surface area contributed by atoms with Crippen LogP contribution in [-0.4, -0.2) is 36.0 Å². The summed E-state index contributed by atoms with van der Waals surface area (Å²) < 4.78 is 0. The van der Waals surface area contributed by atoms with Gasteiger partial charge < -0.3 is 4.90 Å². The number of hydrogen-bond acceptors (Lipinski definition) is 4. The molecule has 1 saturated heterocycles. The fraction of sp³-hybridized carbons (Fsp3) is 0.333. The van der Waals surface area contributed by atoms with Crippen LogP contribution in [0.3, 0.4) is 0 Å². The third kappa shape index (κ3) is 2.68. The zero-order chi connectivity index (χ0) is 15.9. The number of carbonyl (C=O) groups is 1. The lowest BCUT2D eigenvalue weighted by atomic mass is 10.1. The number of halogens is 1. The quantitative estimate of drug-likeness (QED) is 0.935. The fourth-order valence-electron chi connectivity index (χ4n) is 2.42. The summed E-state index contributed by atoms with van der Waals surface area (Å²) in [6.45, 7) is 1.91. The van der Waals surface area contributed by atoms with Crippen molar-refractivity contribution in [3.63, 3.8) is 0 Å². The Hall–Kier alpha value is -1.66. The summed E-state index contributed by atoms with van der Waals surface area (Å²) in [5.41, 5.74) is 2.89. The highest BCUT2D eigenvalue weighted by Crippen LogP contribution is 2.44. The molecule has 2 heterocycles. The highest BCUT2D eigenvalue weighted by molar-refractivity contribution is 8.00. The number of thioether (sulfide) groups is 1. The predicted molar refractivity (Wildman–Crippen MR) is 91.8 cm³/mol. The first-order chi connectivity index (χ1) is 10.5. The number of anilines is 2. The first kappa shape index (κ1) is 15.2. The van der Waals surface area contributed by atoms with Crippen molar-refractivity contribution in [2.24, 2.45) is 0 Å². The minimum atomic E-state index is -0.140. The van der Waals surface area contributed by atoms with Crippen molar-refractivity contribution in [1.82, 2.24) is 10.2 Å². The van der Waals surface area contributed by atoms with Crippen LogP contribution < -0.4 is 9.80 Å². The molecule has 1 amide bonds. The molecule has 1 aromatic heterocycles. The molecule has 1 atom stereocenters. The number of aryl methyl sites for hydroxylation is 1. The van der Waals surface area contributed by atoms with E-state index < -0.39 is 0 Å². The van der Waals surface area contributed by atoms with Crippen molar-refractivity contribution < 1.29 is 4.79 Å². The van der Waals surface area contributed by atoms with Gasteiger partial charge in [0.1, 0.15) is 5.37 Å². The second kappa shape index (κ2) is 5.85. The Bertz CT molecular complexity index is 715. The molecule has 1 N–H and O–H groups in total. The topological polar surface area (TPSA) is 52.2 Å². The monoisotopic (exact) mass is 336 g/mol. The molecule has 0 radical (unpaired) electrons. The number of benzene rings is 1. The van der Waals surface area contributed by atoms with Gasteiger partial charge in [0, 0.05) is 42.1 Å². The van der Waals surface area contributed by atoms with Crippen molar-refractivity contribution in [2.45, 2.75) is 12.3 Å². The lowest BCUT2D eigenvalue weighted by molar-refractivity contribution is -0.115. The summed E-state index contributed by atoms with van der Waals surface area (Å²) in [4.78, 5) is 16.0. The zero-order valence-corrected chi connectivity index (χ0v) is 14.2. The fourth-order valence-corrected chi connectivity index (χ4v) is 3.97. The number of H-pyrrole nitrogens is 1. The summed E-state index contributed by atoms with van der Waals surface area (Å²) in [6, 6.07) is 7.80. The van der Waals surface area contributed by atoms with Gasteiger partial charge >= 0.3 is 0 Å². The molecule has 0 spiro atoms. The Kier molecular flexibility index (Phi) is 4.06. The van der Waals surface area contributed by atoms with E-state index in [0.717, 1.165) is 16.9 Å². The highest BCUT2D eigenvalue weighted by Gasteiger charge is 2.36. The Morgan fingerprint density at radius 2 is 2.18 bits per heavy atom. The molecule has 7 heteroatoms. The normalized spacial score (nSPS) is 18.1. The summed E-state index contributed by atoms with van der Waals surface area (Å²) in [5.74, 6) is 1.13. The van der Waals surface area contributed by atoms with Crippen molar-refractivity contribution >= 4 is 40.8 Å². The molecule has 116 valence electrons. The SMILES string of the molecule is Cc1cc(N2C(=O)CSC2c2ccc(N(C)C)cc2Cl)n[nH]1. The van der Waals surface area contributed by atoms with Crippen molar-refractivity contribution in [3.05, 3.63) is 40.5 Å². The maximum Gasteiger partial charge on any atom is 0.239 e. The second-order valence-electron chi connectivity index (χ2n) is 5.44. The average Bonchev–Trinajstić information content (AvgIpc) is 3.04. The number of nitrogens with one attached hydrogen (secondary N) is 1. The summed E-state index contributed by atoms with van der Waals surface area (Å²) in [7, 11) is 3.94. The number of amides is 1. The van der Waals surface area contributed by atoms with Crippen LogP contribution in [0.2, 0.25) is 5.02 Å². The van der Waals surface area contributed by atoms with E-state index in [9.17, 15) is 4.79 Å². The Labute approximate surface area is 138 Å². The van der Waals surface area contributed by atoms with E-state index >= 15 is 0 Å². The van der Waals surface area contributed by atoms with Crippen LogP contribution in [0.1, 0.15) is 16.6 Å². The van der Waals surface area contributed by atoms with Crippen molar-refractivity contribution in [3.8, 4) is 0 Å². The standard InChI is InChI=1S/C15H17ClN4OS/c1-9-6-13(18-17-9)20-14(21)8-22-15(20)11-5-4-10(19(2)3)7-12(11)16/h4-7,15H,8H2,1-3H3,(H,17,18). The minimum Gasteiger partial charge on any atom is -0.378 e. The van der Waals surface area contributed by atoms with Crippen LogP contribution in [0.25, 0.3) is 0 Å². The average molecular weight is 337 g/mol. The molecule has 22 heavy (non-hydrogen) atoms. The van der Waals surface area contributed by atoms with Gasteiger partial charge in [-0.3, -0.25) is 14.8 Å². The summed E-state index contributed by atoms with van der Waals surface area (Å²) in [5, 5.41) is 7.62. The Morgan fingerprint density at radius 3 is 2.77 bits per heavy atom. The smallest absolute Gasteiger partial charge is 0.239 e. The third-order valence-corrected chi connectivity index (χ3v) is 5.10. The predicted octanol–water partition coefficient (Wildman–Crippen LogP) is 3.22. The van der Waals surface area contributed by atoms with E-state index in [4.69, 9.17) is 11.6 Å². The third-order valence-electron chi connectivity index (χ3n) is 3.57. The Balaban J connectivity index is 1.98. The van der Waals surface area contributed by atoms with E-state index in [1.807, 2.05) is 50.2 Å². The van der Waals surface area contributed by atoms with Gasteiger partial charge in [0.05, 0.1) is 5.75 Å². The van der Waals surface area contributed by atoms with Crippen LogP contribution >= 0.6 is 23.4 Å². The van der Waals surface area contributed by atoms with E-state index in [1.165, 1.54) is 0 Å². The number of hydrogen-bond donors (Lipinski definition) is 1. The molecular weight excluding hydrogens is 320 g/mol. The van der Waals surface area contributed by atoms with Gasteiger partial charge in [-0.2, -0.15) is 5.10 Å². The summed E-state index contributed by atoms with van der Waals surface area (Å²) >= 11 is 8.02. The molecule has 3 rings (SSSR count). The number of nitrogens with zero attached hydrogens (tertiary/aromatic N) is 3. The van der Waals surface area contributed by atoms with Gasteiger partial charge in [0.2, 0.25) is 5.91 Å². The summed E-state index contributed by atoms with van der Waals surface area (Å²) in [6.07, 6.45) is 0. The maximum absolute atomic E-state index is 12.3. The molecule has 1 aliphatic rings. The van der Waals surface area contributed by atoms with Gasteiger partial charge in [-0.15, -0.1) is 11.8 Å². The van der Waals surface area contributed by atoms with Crippen LogP contribution in [0.15, 0.2) is 24.3 Å². The highest BCUT2D eigenvalue weighted by atomic mass is 35.5. The van der Waals surface area contributed by atoms with E-state index in [1.54, 1.807) is 16.7 Å². The van der Waals surface area contributed by atoms with Crippen LogP contribution in [-0.2, 0) is 4.79 Å². The lowest BCUT2D eigenvalue weighted by Crippen LogP contribution is -2.28. The largest absolute Gasteiger partial charge is 0.378 e. The zero-order valence-electron chi connectivity index (χ0n) is 12.6. The van der Waals surface area contributed by atoms with Crippen LogP contribution in [0.5, 0.6) is 0 Å². The minimum absolute atomic E-state index is 0.0502. The maximum atomic E-state index is 12.3. The first-order valence-electron chi connectivity index (χ1n) is 6.90. The van der Waals surface area contributed by atoms with E-state index in [2.05, 4.69) is 10.2 Å². The molecule has 1 aliphatic heterocycles. The molecule has 2 aromatic rings.